The normalized spacial score (nSPS) is 15.2. The quantitative estimate of drug-likeness (QED) is 0.198. The molecular formula is C15H13BrF3NO3. The van der Waals surface area contributed by atoms with Crippen LogP contribution in [0, 0.1) is 28.8 Å². The standard InChI is InChI=1S/C15H13BrF3NO3/c1-2-23-15(22)9(13(20)6-3-4-6)14(21)7-5-8(17)12(19)10(16)11(7)18/h5-6,20-21H,2-4H2,1H3. The molecule has 1 aliphatic carbocycles. The van der Waals surface area contributed by atoms with Crippen LogP contribution in [0.2, 0.25) is 0 Å². The van der Waals surface area contributed by atoms with Crippen LogP contribution < -0.4 is 0 Å². The van der Waals surface area contributed by atoms with E-state index >= 15 is 0 Å². The molecule has 1 aromatic rings. The Kier molecular flexibility index (Phi) is 5.13. The fourth-order valence-electron chi connectivity index (χ4n) is 1.99. The third-order valence-electron chi connectivity index (χ3n) is 3.33. The first-order chi connectivity index (χ1) is 10.8. The molecule has 0 atom stereocenters. The van der Waals surface area contributed by atoms with E-state index < -0.39 is 44.8 Å². The summed E-state index contributed by atoms with van der Waals surface area (Å²) >= 11 is 2.55. The second-order valence-electron chi connectivity index (χ2n) is 4.98. The molecule has 2 N–H and O–H groups in total. The molecule has 1 saturated carbocycles. The number of benzene rings is 1. The number of nitrogens with one attached hydrogen (secondary N) is 1. The minimum atomic E-state index is -1.45. The lowest BCUT2D eigenvalue weighted by Gasteiger charge is -2.13. The van der Waals surface area contributed by atoms with Crippen LogP contribution in [0.4, 0.5) is 13.2 Å². The third-order valence-corrected chi connectivity index (χ3v) is 4.03. The maximum absolute atomic E-state index is 14.1. The first-order valence-corrected chi connectivity index (χ1v) is 7.61. The van der Waals surface area contributed by atoms with E-state index in [0.717, 1.165) is 0 Å². The number of halogens is 4. The van der Waals surface area contributed by atoms with Gasteiger partial charge >= 0.3 is 5.97 Å². The van der Waals surface area contributed by atoms with Crippen molar-refractivity contribution in [1.29, 1.82) is 5.41 Å². The highest BCUT2D eigenvalue weighted by Gasteiger charge is 2.35. The van der Waals surface area contributed by atoms with Gasteiger partial charge in [0.1, 0.15) is 11.3 Å². The predicted molar refractivity (Wildman–Crippen MR) is 80.6 cm³/mol. The minimum absolute atomic E-state index is 0.0164. The minimum Gasteiger partial charge on any atom is -0.506 e. The van der Waals surface area contributed by atoms with Gasteiger partial charge in [-0.2, -0.15) is 0 Å². The molecule has 4 nitrogen and oxygen atoms in total. The van der Waals surface area contributed by atoms with Crippen LogP contribution in [-0.4, -0.2) is 23.4 Å². The van der Waals surface area contributed by atoms with Crippen LogP contribution >= 0.6 is 15.9 Å². The van der Waals surface area contributed by atoms with Gasteiger partial charge in [-0.1, -0.05) is 0 Å². The fraction of sp³-hybridized carbons (Fsp3) is 0.333. The number of hydrogen-bond donors (Lipinski definition) is 2. The third kappa shape index (κ3) is 3.41. The molecule has 2 rings (SSSR count). The number of carbonyl (C=O) groups excluding carboxylic acids is 1. The van der Waals surface area contributed by atoms with Crippen LogP contribution in [0.1, 0.15) is 25.3 Å². The topological polar surface area (TPSA) is 70.4 Å². The van der Waals surface area contributed by atoms with Crippen molar-refractivity contribution >= 4 is 33.4 Å². The van der Waals surface area contributed by atoms with E-state index in [0.29, 0.717) is 18.9 Å². The molecule has 8 heteroatoms. The van der Waals surface area contributed by atoms with Crippen LogP contribution in [0.15, 0.2) is 16.1 Å². The predicted octanol–water partition coefficient (Wildman–Crippen LogP) is 4.13. The van der Waals surface area contributed by atoms with Gasteiger partial charge in [0, 0.05) is 5.92 Å². The van der Waals surface area contributed by atoms with Gasteiger partial charge in [-0.05, 0) is 41.8 Å². The molecule has 0 heterocycles. The summed E-state index contributed by atoms with van der Waals surface area (Å²) in [7, 11) is 0. The zero-order valence-corrected chi connectivity index (χ0v) is 13.6. The van der Waals surface area contributed by atoms with E-state index in [9.17, 15) is 23.1 Å². The molecule has 1 aromatic carbocycles. The summed E-state index contributed by atoms with van der Waals surface area (Å²) in [5.41, 5.74) is -1.46. The van der Waals surface area contributed by atoms with E-state index in [1.165, 1.54) is 6.92 Å². The monoisotopic (exact) mass is 391 g/mol. The fourth-order valence-corrected chi connectivity index (χ4v) is 2.40. The first-order valence-electron chi connectivity index (χ1n) is 6.82. The Hall–Kier alpha value is -1.83. The molecule has 0 saturated heterocycles. The number of aliphatic hydroxyl groups excluding tert-OH is 1. The second kappa shape index (κ2) is 6.74. The Morgan fingerprint density at radius 3 is 2.52 bits per heavy atom. The molecule has 0 aromatic heterocycles. The molecule has 1 aliphatic rings. The molecule has 124 valence electrons. The molecule has 0 unspecified atom stereocenters. The lowest BCUT2D eigenvalue weighted by molar-refractivity contribution is -0.137. The highest BCUT2D eigenvalue weighted by molar-refractivity contribution is 9.10. The van der Waals surface area contributed by atoms with Gasteiger partial charge in [-0.15, -0.1) is 0 Å². The second-order valence-corrected chi connectivity index (χ2v) is 5.77. The number of rotatable bonds is 5. The maximum Gasteiger partial charge on any atom is 0.343 e. The summed E-state index contributed by atoms with van der Waals surface area (Å²) in [5.74, 6) is -6.32. The molecule has 0 radical (unpaired) electrons. The van der Waals surface area contributed by atoms with E-state index in [1.807, 2.05) is 0 Å². The van der Waals surface area contributed by atoms with Crippen molar-refractivity contribution in [2.24, 2.45) is 5.92 Å². The number of hydrogen-bond acceptors (Lipinski definition) is 4. The number of aliphatic hydroxyl groups is 1. The van der Waals surface area contributed by atoms with Gasteiger partial charge in [0.2, 0.25) is 0 Å². The van der Waals surface area contributed by atoms with Gasteiger partial charge in [0.05, 0.1) is 22.4 Å². The zero-order valence-electron chi connectivity index (χ0n) is 12.1. The number of esters is 1. The summed E-state index contributed by atoms with van der Waals surface area (Å²) in [6.07, 6.45) is 1.30. The highest BCUT2D eigenvalue weighted by Crippen LogP contribution is 2.36. The van der Waals surface area contributed by atoms with Gasteiger partial charge in [-0.25, -0.2) is 18.0 Å². The van der Waals surface area contributed by atoms with Crippen molar-refractivity contribution in [3.8, 4) is 0 Å². The molecule has 0 amide bonds. The molecule has 0 spiro atoms. The van der Waals surface area contributed by atoms with Crippen molar-refractivity contribution in [1.82, 2.24) is 0 Å². The van der Waals surface area contributed by atoms with E-state index in [-0.39, 0.29) is 18.2 Å². The van der Waals surface area contributed by atoms with E-state index in [2.05, 4.69) is 15.9 Å². The summed E-state index contributed by atoms with van der Waals surface area (Å²) in [4.78, 5) is 12.0. The van der Waals surface area contributed by atoms with E-state index in [1.54, 1.807) is 0 Å². The number of ether oxygens (including phenoxy) is 1. The smallest absolute Gasteiger partial charge is 0.343 e. The Labute approximate surface area is 138 Å². The average Bonchev–Trinajstić information content (AvgIpc) is 3.33. The SMILES string of the molecule is CCOC(=O)C(C(=N)C1CC1)=C(O)c1cc(F)c(F)c(Br)c1F. The van der Waals surface area contributed by atoms with Crippen molar-refractivity contribution in [3.63, 3.8) is 0 Å². The van der Waals surface area contributed by atoms with Gasteiger partial charge in [0.25, 0.3) is 0 Å². The first kappa shape index (κ1) is 17.5. The molecular weight excluding hydrogens is 379 g/mol. The molecule has 1 fully saturated rings. The largest absolute Gasteiger partial charge is 0.506 e. The summed E-state index contributed by atoms with van der Waals surface area (Å²) < 4.78 is 44.9. The van der Waals surface area contributed by atoms with Gasteiger partial charge < -0.3 is 15.3 Å². The molecule has 0 aliphatic heterocycles. The highest BCUT2D eigenvalue weighted by atomic mass is 79.9. The van der Waals surface area contributed by atoms with E-state index in [4.69, 9.17) is 10.1 Å². The van der Waals surface area contributed by atoms with Gasteiger partial charge in [0.15, 0.2) is 17.5 Å². The lowest BCUT2D eigenvalue weighted by Crippen LogP contribution is -2.19. The maximum atomic E-state index is 14.1. The summed E-state index contributed by atoms with van der Waals surface area (Å²) in [6.45, 7) is 1.51. The lowest BCUT2D eigenvalue weighted by atomic mass is 10.0. The van der Waals surface area contributed by atoms with Crippen molar-refractivity contribution < 1.29 is 27.8 Å². The van der Waals surface area contributed by atoms with Crippen molar-refractivity contribution in [3.05, 3.63) is 39.1 Å². The Morgan fingerprint density at radius 1 is 1.39 bits per heavy atom. The Balaban J connectivity index is 2.62. The van der Waals surface area contributed by atoms with Gasteiger partial charge in [-0.3, -0.25) is 0 Å². The van der Waals surface area contributed by atoms with Crippen LogP contribution in [0.3, 0.4) is 0 Å². The summed E-state index contributed by atoms with van der Waals surface area (Å²) in [5, 5.41) is 18.2. The molecule has 23 heavy (non-hydrogen) atoms. The van der Waals surface area contributed by atoms with Crippen LogP contribution in [0.25, 0.3) is 5.76 Å². The Bertz CT molecular complexity index is 714. The van der Waals surface area contributed by atoms with Crippen molar-refractivity contribution in [2.75, 3.05) is 6.61 Å². The van der Waals surface area contributed by atoms with Crippen LogP contribution in [0.5, 0.6) is 0 Å². The van der Waals surface area contributed by atoms with Crippen LogP contribution in [-0.2, 0) is 9.53 Å². The summed E-state index contributed by atoms with van der Waals surface area (Å²) in [6, 6.07) is 0.435. The average molecular weight is 392 g/mol. The molecule has 0 bridgehead atoms. The zero-order chi connectivity index (χ0) is 17.3. The van der Waals surface area contributed by atoms with Crippen molar-refractivity contribution in [2.45, 2.75) is 19.8 Å². The Morgan fingerprint density at radius 2 is 2.00 bits per heavy atom. The number of carbonyl (C=O) groups is 1.